The molecule has 2 fully saturated rings. The SMILES string of the molecule is CCOP(=O)(CC(=O)CC(=O)N([C@@H]1CC[C@H](O[Si](CC)(CC)CC)[C@H](C)O1)[C@@H]1C(=O)N(C)C(=O)[C@H]1C)OCC. The largest absolute Gasteiger partial charge is 0.411 e. The Morgan fingerprint density at radius 1 is 1.00 bits per heavy atom. The smallest absolute Gasteiger partial charge is 0.338 e. The number of carbonyl (C=O) groups is 4. The van der Waals surface area contributed by atoms with Gasteiger partial charge in [0.05, 0.1) is 37.8 Å². The molecular formula is C26H47N2O9PSi. The Balaban J connectivity index is 2.29. The van der Waals surface area contributed by atoms with E-state index >= 15 is 0 Å². The van der Waals surface area contributed by atoms with Crippen molar-refractivity contribution in [3.63, 3.8) is 0 Å². The molecule has 0 spiro atoms. The third-order valence-electron chi connectivity index (χ3n) is 7.97. The average Bonchev–Trinajstić information content (AvgIpc) is 3.07. The van der Waals surface area contributed by atoms with Crippen LogP contribution in [0.25, 0.3) is 0 Å². The third kappa shape index (κ3) is 7.86. The summed E-state index contributed by atoms with van der Waals surface area (Å²) in [6, 6.07) is 1.89. The van der Waals surface area contributed by atoms with Gasteiger partial charge in [-0.15, -0.1) is 0 Å². The summed E-state index contributed by atoms with van der Waals surface area (Å²) in [4.78, 5) is 54.6. The number of hydrogen-bond acceptors (Lipinski definition) is 9. The lowest BCUT2D eigenvalue weighted by atomic mass is 9.99. The van der Waals surface area contributed by atoms with E-state index in [2.05, 4.69) is 20.8 Å². The summed E-state index contributed by atoms with van der Waals surface area (Å²) in [5, 5.41) is 0. The van der Waals surface area contributed by atoms with Crippen molar-refractivity contribution in [3.8, 4) is 0 Å². The number of likely N-dealkylation sites (tertiary alicyclic amines) is 1. The molecule has 0 aliphatic carbocycles. The van der Waals surface area contributed by atoms with Gasteiger partial charge in [0.15, 0.2) is 14.1 Å². The van der Waals surface area contributed by atoms with Crippen LogP contribution in [0, 0.1) is 5.92 Å². The van der Waals surface area contributed by atoms with Crippen LogP contribution < -0.4 is 0 Å². The molecule has 13 heteroatoms. The van der Waals surface area contributed by atoms with E-state index in [0.717, 1.165) is 23.0 Å². The number of likely N-dealkylation sites (N-methyl/N-ethyl adjacent to an activating group) is 1. The van der Waals surface area contributed by atoms with Crippen LogP contribution >= 0.6 is 7.60 Å². The highest BCUT2D eigenvalue weighted by atomic mass is 31.2. The van der Waals surface area contributed by atoms with Gasteiger partial charge >= 0.3 is 7.60 Å². The molecule has 5 atom stereocenters. The molecule has 2 rings (SSSR count). The van der Waals surface area contributed by atoms with Gasteiger partial charge in [-0.2, -0.15) is 0 Å². The van der Waals surface area contributed by atoms with Gasteiger partial charge in [-0.25, -0.2) is 0 Å². The summed E-state index contributed by atoms with van der Waals surface area (Å²) in [5.41, 5.74) is 0. The molecule has 11 nitrogen and oxygen atoms in total. The van der Waals surface area contributed by atoms with E-state index in [1.807, 2.05) is 6.92 Å². The molecule has 0 radical (unpaired) electrons. The first-order chi connectivity index (χ1) is 18.3. The number of imide groups is 1. The Kier molecular flexibility index (Phi) is 12.5. The number of rotatable bonds is 15. The molecule has 2 aliphatic rings. The Morgan fingerprint density at radius 2 is 1.56 bits per heavy atom. The molecule has 0 aromatic heterocycles. The van der Waals surface area contributed by atoms with Crippen LogP contribution in [0.2, 0.25) is 18.1 Å². The highest BCUT2D eigenvalue weighted by molar-refractivity contribution is 7.54. The number of nitrogens with zero attached hydrogens (tertiary/aromatic N) is 2. The lowest BCUT2D eigenvalue weighted by Crippen LogP contribution is -2.57. The summed E-state index contributed by atoms with van der Waals surface area (Å²) < 4.78 is 36.2. The molecule has 2 heterocycles. The van der Waals surface area contributed by atoms with E-state index in [4.69, 9.17) is 18.2 Å². The zero-order valence-electron chi connectivity index (χ0n) is 24.8. The van der Waals surface area contributed by atoms with E-state index in [1.54, 1.807) is 20.8 Å². The second-order valence-electron chi connectivity index (χ2n) is 10.4. The molecular weight excluding hydrogens is 543 g/mol. The van der Waals surface area contributed by atoms with Crippen LogP contribution in [0.1, 0.15) is 67.7 Å². The fourth-order valence-electron chi connectivity index (χ4n) is 5.50. The summed E-state index contributed by atoms with van der Waals surface area (Å²) in [7, 11) is -4.22. The van der Waals surface area contributed by atoms with Crippen LogP contribution in [0.5, 0.6) is 0 Å². The summed E-state index contributed by atoms with van der Waals surface area (Å²) in [5.74, 6) is -3.02. The third-order valence-corrected chi connectivity index (χ3v) is 14.7. The Morgan fingerprint density at radius 3 is 2.00 bits per heavy atom. The van der Waals surface area contributed by atoms with Gasteiger partial charge in [0.2, 0.25) is 11.8 Å². The van der Waals surface area contributed by atoms with Crippen LogP contribution in [-0.2, 0) is 42.0 Å². The van der Waals surface area contributed by atoms with Crippen LogP contribution in [0.15, 0.2) is 0 Å². The van der Waals surface area contributed by atoms with Gasteiger partial charge in [-0.05, 0) is 51.7 Å². The lowest BCUT2D eigenvalue weighted by Gasteiger charge is -2.45. The van der Waals surface area contributed by atoms with E-state index < -0.39 is 70.2 Å². The minimum atomic E-state index is -3.70. The van der Waals surface area contributed by atoms with E-state index in [9.17, 15) is 23.7 Å². The van der Waals surface area contributed by atoms with E-state index in [0.29, 0.717) is 12.8 Å². The highest BCUT2D eigenvalue weighted by Crippen LogP contribution is 2.48. The molecule has 0 aromatic carbocycles. The van der Waals surface area contributed by atoms with Crippen molar-refractivity contribution in [2.24, 2.45) is 5.92 Å². The fourth-order valence-corrected chi connectivity index (χ4v) is 10.0. The van der Waals surface area contributed by atoms with E-state index in [-0.39, 0.29) is 25.4 Å². The van der Waals surface area contributed by atoms with Gasteiger partial charge in [0, 0.05) is 7.05 Å². The molecule has 39 heavy (non-hydrogen) atoms. The Labute approximate surface area is 233 Å². The van der Waals surface area contributed by atoms with Crippen molar-refractivity contribution >= 4 is 39.4 Å². The van der Waals surface area contributed by atoms with Gasteiger partial charge in [-0.3, -0.25) is 28.6 Å². The molecule has 0 saturated carbocycles. The second kappa shape index (κ2) is 14.5. The minimum absolute atomic E-state index is 0.0858. The molecule has 0 bridgehead atoms. The van der Waals surface area contributed by atoms with Crippen molar-refractivity contribution in [2.45, 2.75) is 110 Å². The number of ether oxygens (including phenoxy) is 1. The maximum Gasteiger partial charge on any atom is 0.338 e. The van der Waals surface area contributed by atoms with E-state index in [1.165, 1.54) is 11.9 Å². The Hall–Kier alpha value is -1.43. The van der Waals surface area contributed by atoms with Crippen molar-refractivity contribution in [1.82, 2.24) is 9.80 Å². The second-order valence-corrected chi connectivity index (χ2v) is 17.1. The quantitative estimate of drug-likeness (QED) is 0.120. The fraction of sp³-hybridized carbons (Fsp3) is 0.846. The number of amides is 3. The topological polar surface area (TPSA) is 129 Å². The monoisotopic (exact) mass is 590 g/mol. The molecule has 0 unspecified atom stereocenters. The van der Waals surface area contributed by atoms with Crippen molar-refractivity contribution in [3.05, 3.63) is 0 Å². The standard InChI is InChI=1S/C26H47N2O9PSi/c1-9-34-38(33,35-10-2)17-20(29)16-22(30)28(24-18(6)25(31)27(8)26(24)32)23-15-14-21(19(7)36-23)37-39(11-3,12-4)13-5/h18-19,21,23-24H,9-17H2,1-8H3/t18-,19-,21-,23-,24-/m0/s1. The number of Topliss-reactive ketones (excluding diaryl/α,β-unsaturated/α-hetero) is 1. The molecule has 0 aromatic rings. The molecule has 0 N–H and O–H groups in total. The summed E-state index contributed by atoms with van der Waals surface area (Å²) >= 11 is 0. The minimum Gasteiger partial charge on any atom is -0.411 e. The predicted molar refractivity (Wildman–Crippen MR) is 149 cm³/mol. The normalized spacial score (nSPS) is 26.3. The zero-order valence-corrected chi connectivity index (χ0v) is 26.7. The molecule has 2 aliphatic heterocycles. The van der Waals surface area contributed by atoms with Gasteiger partial charge in [0.25, 0.3) is 5.91 Å². The number of ketones is 1. The predicted octanol–water partition coefficient (Wildman–Crippen LogP) is 3.96. The molecule has 224 valence electrons. The first-order valence-electron chi connectivity index (χ1n) is 14.2. The maximum atomic E-state index is 13.6. The van der Waals surface area contributed by atoms with Crippen LogP contribution in [0.3, 0.4) is 0 Å². The summed E-state index contributed by atoms with van der Waals surface area (Å²) in [6.45, 7) is 13.4. The van der Waals surface area contributed by atoms with Gasteiger partial charge in [-0.1, -0.05) is 27.7 Å². The average molecular weight is 591 g/mol. The molecule has 2 saturated heterocycles. The number of hydrogen-bond donors (Lipinski definition) is 0. The highest BCUT2D eigenvalue weighted by Gasteiger charge is 2.51. The van der Waals surface area contributed by atoms with Crippen molar-refractivity contribution in [2.75, 3.05) is 26.4 Å². The zero-order chi connectivity index (χ0) is 29.5. The van der Waals surface area contributed by atoms with Crippen LogP contribution in [-0.4, -0.2) is 92.5 Å². The number of carbonyl (C=O) groups excluding carboxylic acids is 4. The Bertz CT molecular complexity index is 926. The summed E-state index contributed by atoms with van der Waals surface area (Å²) in [6.07, 6.45) is -1.50. The first kappa shape index (κ1) is 33.8. The first-order valence-corrected chi connectivity index (χ1v) is 18.4. The van der Waals surface area contributed by atoms with Gasteiger partial charge in [0.1, 0.15) is 18.4 Å². The lowest BCUT2D eigenvalue weighted by molar-refractivity contribution is -0.186. The van der Waals surface area contributed by atoms with Gasteiger partial charge < -0.3 is 23.1 Å². The van der Waals surface area contributed by atoms with Crippen LogP contribution in [0.4, 0.5) is 0 Å². The van der Waals surface area contributed by atoms with Crippen molar-refractivity contribution in [1.29, 1.82) is 0 Å². The molecule has 3 amide bonds. The van der Waals surface area contributed by atoms with Crippen molar-refractivity contribution < 1.29 is 42.0 Å². The maximum absolute atomic E-state index is 13.6.